The molecule has 0 bridgehead atoms. The van der Waals surface area contributed by atoms with Crippen LogP contribution in [0.2, 0.25) is 0 Å². The summed E-state index contributed by atoms with van der Waals surface area (Å²) in [5.41, 5.74) is 20.9. The molecule has 0 radical (unpaired) electrons. The quantitative estimate of drug-likeness (QED) is 0.0293. The van der Waals surface area contributed by atoms with Gasteiger partial charge >= 0.3 is 23.9 Å². The molecule has 0 aromatic heterocycles. The van der Waals surface area contributed by atoms with Crippen LogP contribution in [-0.2, 0) is 90.2 Å². The first-order valence-electron chi connectivity index (χ1n) is 22.4. The van der Waals surface area contributed by atoms with E-state index in [0.29, 0.717) is 191 Å². The van der Waals surface area contributed by atoms with Gasteiger partial charge in [-0.2, -0.15) is 0 Å². The molecule has 0 aromatic rings. The lowest BCUT2D eigenvalue weighted by atomic mass is 10.5. The predicted octanol–water partition coefficient (Wildman–Crippen LogP) is -2.46. The summed E-state index contributed by atoms with van der Waals surface area (Å²) in [5.74, 6) is -3.55. The lowest BCUT2D eigenvalue weighted by molar-refractivity contribution is -0.143. The molecule has 0 saturated heterocycles. The maximum absolute atomic E-state index is 10.2. The number of carboxylic acids is 4. The molecule has 27 nitrogen and oxygen atoms in total. The van der Waals surface area contributed by atoms with Gasteiger partial charge in [-0.25, -0.2) is 4.79 Å². The summed E-state index contributed by atoms with van der Waals surface area (Å²) >= 11 is 0. The van der Waals surface area contributed by atoms with E-state index in [1.54, 1.807) is 0 Å². The molecule has 0 atom stereocenters. The molecular weight excluding hydrogens is 916 g/mol. The number of rotatable bonds is 52. The van der Waals surface area contributed by atoms with Gasteiger partial charge in [-0.1, -0.05) is 0 Å². The summed E-state index contributed by atoms with van der Waals surface area (Å²) in [4.78, 5) is 40.5. The molecule has 0 unspecified atom stereocenters. The van der Waals surface area contributed by atoms with Gasteiger partial charge in [0.15, 0.2) is 0 Å². The first-order chi connectivity index (χ1) is 33.1. The minimum atomic E-state index is -0.976. The first-order valence-corrected chi connectivity index (χ1v) is 22.4. The fourth-order valence-electron chi connectivity index (χ4n) is 3.70. The van der Waals surface area contributed by atoms with E-state index in [-0.39, 0.29) is 52.3 Å². The van der Waals surface area contributed by atoms with Crippen LogP contribution in [0.15, 0.2) is 0 Å². The highest BCUT2D eigenvalue weighted by molar-refractivity contribution is 5.68. The molecule has 0 amide bonds. The molecule has 27 heteroatoms. The zero-order valence-electron chi connectivity index (χ0n) is 40.0. The van der Waals surface area contributed by atoms with Crippen LogP contribution in [0, 0.1) is 0 Å². The lowest BCUT2D eigenvalue weighted by Crippen LogP contribution is -2.15. The number of aliphatic carboxylic acids is 4. The summed E-state index contributed by atoms with van der Waals surface area (Å²) in [6.45, 7) is 14.9. The third-order valence-electron chi connectivity index (χ3n) is 6.75. The van der Waals surface area contributed by atoms with Crippen molar-refractivity contribution in [1.82, 2.24) is 0 Å². The van der Waals surface area contributed by atoms with E-state index in [1.165, 1.54) is 0 Å². The maximum atomic E-state index is 10.2. The average molecular weight is 1000 g/mol. The van der Waals surface area contributed by atoms with Crippen molar-refractivity contribution in [3.63, 3.8) is 0 Å². The van der Waals surface area contributed by atoms with E-state index in [2.05, 4.69) is 0 Å². The second-order valence-corrected chi connectivity index (χ2v) is 12.6. The van der Waals surface area contributed by atoms with E-state index < -0.39 is 23.9 Å². The van der Waals surface area contributed by atoms with Crippen LogP contribution in [0.1, 0.15) is 19.3 Å². The van der Waals surface area contributed by atoms with Crippen LogP contribution in [0.3, 0.4) is 0 Å². The Balaban J connectivity index is -0.000000407. The zero-order valence-corrected chi connectivity index (χ0v) is 40.0. The van der Waals surface area contributed by atoms with Crippen LogP contribution in [0.25, 0.3) is 0 Å². The third kappa shape index (κ3) is 86.3. The second kappa shape index (κ2) is 68.4. The molecule has 0 spiro atoms. The summed E-state index contributed by atoms with van der Waals surface area (Å²) in [5, 5.41) is 33.2. The van der Waals surface area contributed by atoms with Crippen molar-refractivity contribution in [1.29, 1.82) is 0 Å². The topological polar surface area (TPSA) is 392 Å². The minimum Gasteiger partial charge on any atom is -0.481 e. The van der Waals surface area contributed by atoms with Gasteiger partial charge in [0.25, 0.3) is 0 Å². The molecule has 12 N–H and O–H groups in total. The largest absolute Gasteiger partial charge is 0.481 e. The van der Waals surface area contributed by atoms with Crippen molar-refractivity contribution >= 4 is 23.9 Å². The molecule has 0 rings (SSSR count). The van der Waals surface area contributed by atoms with E-state index in [4.69, 9.17) is 114 Å². The highest BCUT2D eigenvalue weighted by atomic mass is 16.6. The Morgan fingerprint density at radius 2 is 0.368 bits per heavy atom. The highest BCUT2D eigenvalue weighted by Crippen LogP contribution is 1.88. The molecule has 0 heterocycles. The van der Waals surface area contributed by atoms with Gasteiger partial charge in [0.1, 0.15) is 6.61 Å². The number of hydrogen-bond donors (Lipinski definition) is 8. The predicted molar refractivity (Wildman–Crippen MR) is 243 cm³/mol. The SMILES string of the molecule is NCCOCCOCCOCC(=O)O.NCCOCCOCCOCCC(=O)O.NCCOCCOCCOCCOCCC(=O)O.NCCOCCOCCOCCOCCOCCC(=O)O. The maximum Gasteiger partial charge on any atom is 0.329 e. The Hall–Kier alpha value is -2.88. The molecule has 68 heavy (non-hydrogen) atoms. The van der Waals surface area contributed by atoms with Gasteiger partial charge in [-0.15, -0.1) is 0 Å². The second-order valence-electron chi connectivity index (χ2n) is 12.6. The standard InChI is InChI=1S/C13H27NO7.C11H23NO6.C9H19NO5.C8H17NO5/c14-2-4-18-6-8-20-10-12-21-11-9-19-7-5-17-3-1-13(15)16;12-2-4-16-6-8-18-10-9-17-7-5-15-3-1-11(13)14;10-2-4-14-6-8-15-7-5-13-3-1-9(11)12;9-1-2-12-3-4-13-5-6-14-7-8(10)11/h1-12,14H2,(H,15,16);1-10,12H2,(H,13,14);1-8,10H2,(H,11,12);1-7,9H2,(H,10,11). The van der Waals surface area contributed by atoms with Crippen molar-refractivity contribution in [2.24, 2.45) is 22.9 Å². The zero-order chi connectivity index (χ0) is 51.1. The monoisotopic (exact) mass is 1000 g/mol. The first kappa shape index (κ1) is 71.7. The van der Waals surface area contributed by atoms with Gasteiger partial charge < -0.3 is 114 Å². The van der Waals surface area contributed by atoms with Gasteiger partial charge in [-0.3, -0.25) is 14.4 Å². The van der Waals surface area contributed by atoms with Crippen molar-refractivity contribution in [3.05, 3.63) is 0 Å². The molecule has 0 aromatic carbocycles. The molecule has 0 fully saturated rings. The van der Waals surface area contributed by atoms with E-state index in [1.807, 2.05) is 0 Å². The normalized spacial score (nSPS) is 10.6. The number of ether oxygens (including phenoxy) is 15. The molecule has 0 saturated carbocycles. The number of nitrogens with two attached hydrogens (primary N) is 4. The Morgan fingerprint density at radius 1 is 0.221 bits per heavy atom. The molecule has 408 valence electrons. The lowest BCUT2D eigenvalue weighted by Gasteiger charge is -2.07. The van der Waals surface area contributed by atoms with Crippen LogP contribution in [0.4, 0.5) is 0 Å². The van der Waals surface area contributed by atoms with Crippen molar-refractivity contribution in [2.45, 2.75) is 19.3 Å². The van der Waals surface area contributed by atoms with Gasteiger partial charge in [-0.05, 0) is 0 Å². The summed E-state index contributed by atoms with van der Waals surface area (Å²) in [6, 6.07) is 0. The Kier molecular flexibility index (Phi) is 72.1. The fraction of sp³-hybridized carbons (Fsp3) is 0.902. The molecule has 0 aliphatic heterocycles. The summed E-state index contributed by atoms with van der Waals surface area (Å²) < 4.78 is 76.7. The van der Waals surface area contributed by atoms with Crippen LogP contribution in [0.5, 0.6) is 0 Å². The van der Waals surface area contributed by atoms with Crippen LogP contribution in [-0.4, -0.2) is 269 Å². The molecule has 0 aliphatic carbocycles. The van der Waals surface area contributed by atoms with Crippen molar-refractivity contribution < 1.29 is 111 Å². The van der Waals surface area contributed by atoms with Gasteiger partial charge in [0.05, 0.1) is 211 Å². The fourth-order valence-corrected chi connectivity index (χ4v) is 3.70. The van der Waals surface area contributed by atoms with Crippen LogP contribution >= 0.6 is 0 Å². The van der Waals surface area contributed by atoms with Gasteiger partial charge in [0, 0.05) is 26.2 Å². The molecular formula is C41H86N4O23. The smallest absolute Gasteiger partial charge is 0.329 e. The Morgan fingerprint density at radius 3 is 0.515 bits per heavy atom. The van der Waals surface area contributed by atoms with Crippen LogP contribution < -0.4 is 22.9 Å². The van der Waals surface area contributed by atoms with Crippen molar-refractivity contribution in [2.75, 3.05) is 224 Å². The Labute approximate surface area is 400 Å². The summed E-state index contributed by atoms with van der Waals surface area (Å²) in [7, 11) is 0. The number of carbonyl (C=O) groups is 4. The highest BCUT2D eigenvalue weighted by Gasteiger charge is 2.00. The van der Waals surface area contributed by atoms with Gasteiger partial charge in [0.2, 0.25) is 0 Å². The van der Waals surface area contributed by atoms with E-state index >= 15 is 0 Å². The summed E-state index contributed by atoms with van der Waals surface area (Å²) in [6.07, 6.45) is 0.0614. The van der Waals surface area contributed by atoms with E-state index in [9.17, 15) is 19.2 Å². The third-order valence-corrected chi connectivity index (χ3v) is 6.75. The number of carboxylic acid groups (broad SMARTS) is 4. The Bertz CT molecular complexity index is 1020. The average Bonchev–Trinajstić information content (AvgIpc) is 3.30. The van der Waals surface area contributed by atoms with Crippen molar-refractivity contribution in [3.8, 4) is 0 Å². The molecule has 0 aliphatic rings. The minimum absolute atomic E-state index is 0.0143. The van der Waals surface area contributed by atoms with E-state index in [0.717, 1.165) is 0 Å². The number of hydrogen-bond acceptors (Lipinski definition) is 23.